The molecule has 0 bridgehead atoms. The molecular formula is C21H22FN3OS. The van der Waals surface area contributed by atoms with Crippen LogP contribution in [0.2, 0.25) is 0 Å². The molecule has 0 unspecified atom stereocenters. The summed E-state index contributed by atoms with van der Waals surface area (Å²) in [5.41, 5.74) is 2.76. The Balaban J connectivity index is 1.63. The highest BCUT2D eigenvalue weighted by molar-refractivity contribution is 7.99. The van der Waals surface area contributed by atoms with E-state index in [0.717, 1.165) is 24.8 Å². The molecule has 0 aliphatic heterocycles. The Labute approximate surface area is 162 Å². The van der Waals surface area contributed by atoms with Crippen molar-refractivity contribution >= 4 is 17.5 Å². The van der Waals surface area contributed by atoms with Crippen molar-refractivity contribution in [1.29, 1.82) is 0 Å². The van der Waals surface area contributed by atoms with Crippen LogP contribution in [0.15, 0.2) is 53.7 Å². The van der Waals surface area contributed by atoms with E-state index in [1.165, 1.54) is 29.5 Å². The first kappa shape index (κ1) is 19.3. The Morgan fingerprint density at radius 2 is 1.78 bits per heavy atom. The quantitative estimate of drug-likeness (QED) is 0.408. The zero-order valence-electron chi connectivity index (χ0n) is 15.5. The first-order valence-corrected chi connectivity index (χ1v) is 9.97. The molecule has 4 nitrogen and oxygen atoms in total. The molecule has 3 aromatic rings. The number of ketones is 1. The number of Topliss-reactive ketones (excluding diaryl/α,β-unsaturated/α-hetero) is 1. The van der Waals surface area contributed by atoms with Crippen molar-refractivity contribution in [3.8, 4) is 11.4 Å². The number of hydrogen-bond donors (Lipinski definition) is 0. The fraction of sp³-hybridized carbons (Fsp3) is 0.286. The van der Waals surface area contributed by atoms with Gasteiger partial charge in [0.2, 0.25) is 0 Å². The number of thioether (sulfide) groups is 1. The summed E-state index contributed by atoms with van der Waals surface area (Å²) in [6.45, 7) is 2.17. The number of rotatable bonds is 8. The summed E-state index contributed by atoms with van der Waals surface area (Å²) < 4.78 is 14.9. The van der Waals surface area contributed by atoms with Gasteiger partial charge in [-0.2, -0.15) is 0 Å². The molecule has 0 spiro atoms. The van der Waals surface area contributed by atoms with E-state index in [0.29, 0.717) is 22.3 Å². The van der Waals surface area contributed by atoms with Crippen molar-refractivity contribution < 1.29 is 9.18 Å². The second kappa shape index (κ2) is 8.95. The van der Waals surface area contributed by atoms with Crippen LogP contribution < -0.4 is 0 Å². The van der Waals surface area contributed by atoms with Crippen LogP contribution in [0.3, 0.4) is 0 Å². The van der Waals surface area contributed by atoms with Gasteiger partial charge in [0.1, 0.15) is 5.82 Å². The highest BCUT2D eigenvalue weighted by atomic mass is 32.2. The van der Waals surface area contributed by atoms with Crippen LogP contribution in [-0.2, 0) is 13.5 Å². The average Bonchev–Trinajstić information content (AvgIpc) is 3.06. The molecule has 0 amide bonds. The fourth-order valence-corrected chi connectivity index (χ4v) is 3.55. The Hall–Kier alpha value is -2.47. The number of unbranched alkanes of at least 4 members (excludes halogenated alkanes) is 1. The van der Waals surface area contributed by atoms with Gasteiger partial charge >= 0.3 is 0 Å². The predicted octanol–water partition coefficient (Wildman–Crippen LogP) is 4.94. The molecule has 6 heteroatoms. The molecule has 3 rings (SSSR count). The summed E-state index contributed by atoms with van der Waals surface area (Å²) in [6, 6.07) is 14.0. The molecule has 2 aromatic carbocycles. The summed E-state index contributed by atoms with van der Waals surface area (Å²) in [4.78, 5) is 12.4. The molecule has 140 valence electrons. The minimum Gasteiger partial charge on any atom is -0.305 e. The van der Waals surface area contributed by atoms with Gasteiger partial charge in [0.05, 0.1) is 5.75 Å². The average molecular weight is 383 g/mol. The van der Waals surface area contributed by atoms with Crippen molar-refractivity contribution in [3.05, 3.63) is 65.5 Å². The van der Waals surface area contributed by atoms with Crippen molar-refractivity contribution in [2.24, 2.45) is 7.05 Å². The minimum atomic E-state index is -0.290. The lowest BCUT2D eigenvalue weighted by atomic mass is 10.1. The van der Waals surface area contributed by atoms with Crippen molar-refractivity contribution in [3.63, 3.8) is 0 Å². The van der Waals surface area contributed by atoms with E-state index in [2.05, 4.69) is 17.1 Å². The third-order valence-electron chi connectivity index (χ3n) is 4.36. The normalized spacial score (nSPS) is 10.9. The van der Waals surface area contributed by atoms with Crippen LogP contribution in [0.1, 0.15) is 35.7 Å². The number of aromatic nitrogens is 3. The smallest absolute Gasteiger partial charge is 0.191 e. The SMILES string of the molecule is CCCCc1ccc(C(=O)CSc2nnc(-c3ccc(F)cc3)n2C)cc1. The van der Waals surface area contributed by atoms with E-state index in [-0.39, 0.29) is 11.6 Å². The van der Waals surface area contributed by atoms with Gasteiger partial charge < -0.3 is 4.57 Å². The minimum absolute atomic E-state index is 0.0633. The zero-order chi connectivity index (χ0) is 19.2. The highest BCUT2D eigenvalue weighted by Crippen LogP contribution is 2.23. The lowest BCUT2D eigenvalue weighted by Gasteiger charge is -2.05. The van der Waals surface area contributed by atoms with Crippen molar-refractivity contribution in [1.82, 2.24) is 14.8 Å². The fourth-order valence-electron chi connectivity index (χ4n) is 2.74. The van der Waals surface area contributed by atoms with Crippen molar-refractivity contribution in [2.75, 3.05) is 5.75 Å². The van der Waals surface area contributed by atoms with Gasteiger partial charge in [0.25, 0.3) is 0 Å². The Kier molecular flexibility index (Phi) is 6.40. The van der Waals surface area contributed by atoms with Crippen LogP contribution in [0, 0.1) is 5.82 Å². The summed E-state index contributed by atoms with van der Waals surface area (Å²) in [5, 5.41) is 8.98. The maximum absolute atomic E-state index is 13.1. The number of carbonyl (C=O) groups is 1. The summed E-state index contributed by atoms with van der Waals surface area (Å²) >= 11 is 1.35. The molecule has 0 saturated heterocycles. The number of halogens is 1. The van der Waals surface area contributed by atoms with Gasteiger partial charge in [-0.15, -0.1) is 10.2 Å². The number of carbonyl (C=O) groups excluding carboxylic acids is 1. The van der Waals surface area contributed by atoms with Gasteiger partial charge in [-0.05, 0) is 42.7 Å². The third kappa shape index (κ3) is 4.83. The third-order valence-corrected chi connectivity index (χ3v) is 5.38. The Bertz CT molecular complexity index is 904. The number of nitrogens with zero attached hydrogens (tertiary/aromatic N) is 3. The maximum Gasteiger partial charge on any atom is 0.191 e. The lowest BCUT2D eigenvalue weighted by Crippen LogP contribution is -2.04. The molecule has 1 heterocycles. The summed E-state index contributed by atoms with van der Waals surface area (Å²) in [6.07, 6.45) is 3.37. The molecule has 0 saturated carbocycles. The zero-order valence-corrected chi connectivity index (χ0v) is 16.3. The van der Waals surface area contributed by atoms with E-state index in [1.54, 1.807) is 12.1 Å². The second-order valence-corrected chi connectivity index (χ2v) is 7.33. The molecule has 0 radical (unpaired) electrons. The first-order valence-electron chi connectivity index (χ1n) is 8.98. The maximum atomic E-state index is 13.1. The number of benzene rings is 2. The molecule has 0 fully saturated rings. The van der Waals surface area contributed by atoms with Crippen molar-refractivity contribution in [2.45, 2.75) is 31.3 Å². The first-order chi connectivity index (χ1) is 13.1. The van der Waals surface area contributed by atoms with Gasteiger partial charge in [-0.3, -0.25) is 4.79 Å². The van der Waals surface area contributed by atoms with Crippen LogP contribution >= 0.6 is 11.8 Å². The summed E-state index contributed by atoms with van der Waals surface area (Å²) in [5.74, 6) is 0.712. The molecule has 0 atom stereocenters. The molecule has 0 aliphatic carbocycles. The predicted molar refractivity (Wildman–Crippen MR) is 107 cm³/mol. The molecule has 0 aliphatic rings. The summed E-state index contributed by atoms with van der Waals surface area (Å²) in [7, 11) is 1.84. The largest absolute Gasteiger partial charge is 0.305 e. The van der Waals surface area contributed by atoms with E-state index in [4.69, 9.17) is 0 Å². The van der Waals surface area contributed by atoms with Gasteiger partial charge in [0, 0.05) is 18.2 Å². The van der Waals surface area contributed by atoms with Crippen LogP contribution in [-0.4, -0.2) is 26.3 Å². The Morgan fingerprint density at radius 1 is 1.07 bits per heavy atom. The molecule has 1 aromatic heterocycles. The van der Waals surface area contributed by atoms with Gasteiger partial charge in [-0.1, -0.05) is 49.4 Å². The molecule has 27 heavy (non-hydrogen) atoms. The Morgan fingerprint density at radius 3 is 2.44 bits per heavy atom. The van der Waals surface area contributed by atoms with Gasteiger partial charge in [-0.25, -0.2) is 4.39 Å². The topological polar surface area (TPSA) is 47.8 Å². The van der Waals surface area contributed by atoms with E-state index in [1.807, 2.05) is 35.9 Å². The van der Waals surface area contributed by atoms with Crippen LogP contribution in [0.25, 0.3) is 11.4 Å². The highest BCUT2D eigenvalue weighted by Gasteiger charge is 2.14. The number of aryl methyl sites for hydroxylation is 1. The van der Waals surface area contributed by atoms with E-state index >= 15 is 0 Å². The van der Waals surface area contributed by atoms with E-state index < -0.39 is 0 Å². The molecular weight excluding hydrogens is 361 g/mol. The number of hydrogen-bond acceptors (Lipinski definition) is 4. The van der Waals surface area contributed by atoms with Gasteiger partial charge in [0.15, 0.2) is 16.8 Å². The lowest BCUT2D eigenvalue weighted by molar-refractivity contribution is 0.102. The standard InChI is InChI=1S/C21H22FN3OS/c1-3-4-5-15-6-8-16(9-7-15)19(26)14-27-21-24-23-20(25(21)2)17-10-12-18(22)13-11-17/h6-13H,3-5,14H2,1-2H3. The van der Waals surface area contributed by atoms with E-state index in [9.17, 15) is 9.18 Å². The van der Waals surface area contributed by atoms with Crippen LogP contribution in [0.5, 0.6) is 0 Å². The molecule has 0 N–H and O–H groups in total. The monoisotopic (exact) mass is 383 g/mol. The second-order valence-electron chi connectivity index (χ2n) is 6.38. The van der Waals surface area contributed by atoms with Crippen LogP contribution in [0.4, 0.5) is 4.39 Å².